The maximum Gasteiger partial charge on any atom is 0.213 e. The number of likely N-dealkylation sites (tertiary alicyclic amines) is 1. The summed E-state index contributed by atoms with van der Waals surface area (Å²) in [7, 11) is 1.68. The van der Waals surface area contributed by atoms with Crippen LogP contribution in [0.4, 0.5) is 0 Å². The average molecular weight is 308 g/mol. The van der Waals surface area contributed by atoms with Gasteiger partial charge in [-0.3, -0.25) is 4.90 Å². The number of hydrogen-bond donors (Lipinski definition) is 1. The molecule has 1 aliphatic heterocycles. The van der Waals surface area contributed by atoms with E-state index in [0.29, 0.717) is 25.5 Å². The van der Waals surface area contributed by atoms with E-state index < -0.39 is 5.60 Å². The summed E-state index contributed by atoms with van der Waals surface area (Å²) in [6.07, 6.45) is 3.38. The highest BCUT2D eigenvalue weighted by Gasteiger charge is 2.38. The predicted octanol–water partition coefficient (Wildman–Crippen LogP) is 2.09. The van der Waals surface area contributed by atoms with Crippen molar-refractivity contribution in [3.05, 3.63) is 23.9 Å². The zero-order valence-corrected chi connectivity index (χ0v) is 13.9. The Morgan fingerprint density at radius 3 is 2.86 bits per heavy atom. The molecule has 22 heavy (non-hydrogen) atoms. The summed E-state index contributed by atoms with van der Waals surface area (Å²) in [5, 5.41) is 10.7. The molecule has 5 nitrogen and oxygen atoms in total. The van der Waals surface area contributed by atoms with E-state index in [4.69, 9.17) is 9.47 Å². The topological polar surface area (TPSA) is 54.8 Å². The van der Waals surface area contributed by atoms with Gasteiger partial charge in [0.1, 0.15) is 0 Å². The molecule has 5 heteroatoms. The Kier molecular flexibility index (Phi) is 6.17. The minimum atomic E-state index is -0.594. The molecule has 0 bridgehead atoms. The van der Waals surface area contributed by atoms with Crippen LogP contribution < -0.4 is 4.74 Å². The fraction of sp³-hybridized carbons (Fsp3) is 0.706. The van der Waals surface area contributed by atoms with Gasteiger partial charge in [-0.15, -0.1) is 0 Å². The molecule has 2 heterocycles. The minimum absolute atomic E-state index is 0.243. The molecule has 0 saturated carbocycles. The molecule has 1 aromatic rings. The van der Waals surface area contributed by atoms with Crippen molar-refractivity contribution in [2.75, 3.05) is 33.4 Å². The first-order valence-electron chi connectivity index (χ1n) is 8.09. The first kappa shape index (κ1) is 17.2. The SMILES string of the molecule is CCOc1ccc(CN2CC[C@@](O)(CCOC)[C@H](C)C2)cn1. The van der Waals surface area contributed by atoms with Gasteiger partial charge in [0.05, 0.1) is 12.2 Å². The molecule has 0 aromatic carbocycles. The van der Waals surface area contributed by atoms with Gasteiger partial charge in [0, 0.05) is 45.6 Å². The van der Waals surface area contributed by atoms with Crippen molar-refractivity contribution in [1.29, 1.82) is 0 Å². The first-order valence-corrected chi connectivity index (χ1v) is 8.09. The van der Waals surface area contributed by atoms with Crippen LogP contribution in [0.1, 0.15) is 32.3 Å². The van der Waals surface area contributed by atoms with E-state index in [9.17, 15) is 5.11 Å². The van der Waals surface area contributed by atoms with Crippen molar-refractivity contribution >= 4 is 0 Å². The van der Waals surface area contributed by atoms with E-state index in [-0.39, 0.29) is 5.92 Å². The summed E-state index contributed by atoms with van der Waals surface area (Å²) < 4.78 is 10.5. The molecule has 1 saturated heterocycles. The van der Waals surface area contributed by atoms with Gasteiger partial charge in [-0.05, 0) is 31.2 Å². The van der Waals surface area contributed by atoms with E-state index in [1.165, 1.54) is 5.56 Å². The number of hydrogen-bond acceptors (Lipinski definition) is 5. The third-order valence-electron chi connectivity index (χ3n) is 4.55. The number of aliphatic hydroxyl groups is 1. The lowest BCUT2D eigenvalue weighted by molar-refractivity contribution is -0.0827. The summed E-state index contributed by atoms with van der Waals surface area (Å²) in [4.78, 5) is 6.69. The van der Waals surface area contributed by atoms with Crippen LogP contribution in [0.15, 0.2) is 18.3 Å². The molecular weight excluding hydrogens is 280 g/mol. The molecule has 2 atom stereocenters. The highest BCUT2D eigenvalue weighted by Crippen LogP contribution is 2.31. The van der Waals surface area contributed by atoms with Crippen LogP contribution in [-0.4, -0.2) is 54.0 Å². The number of methoxy groups -OCH3 is 1. The van der Waals surface area contributed by atoms with Gasteiger partial charge in [-0.25, -0.2) is 4.98 Å². The largest absolute Gasteiger partial charge is 0.478 e. The Morgan fingerprint density at radius 2 is 2.27 bits per heavy atom. The summed E-state index contributed by atoms with van der Waals surface area (Å²) in [6.45, 7) is 7.99. The van der Waals surface area contributed by atoms with E-state index in [2.05, 4.69) is 22.9 Å². The van der Waals surface area contributed by atoms with Gasteiger partial charge in [0.2, 0.25) is 5.88 Å². The van der Waals surface area contributed by atoms with E-state index in [1.54, 1.807) is 7.11 Å². The fourth-order valence-corrected chi connectivity index (χ4v) is 3.04. The van der Waals surface area contributed by atoms with Crippen molar-refractivity contribution in [2.24, 2.45) is 5.92 Å². The molecule has 1 aromatic heterocycles. The lowest BCUT2D eigenvalue weighted by atomic mass is 9.80. The third-order valence-corrected chi connectivity index (χ3v) is 4.55. The summed E-state index contributed by atoms with van der Waals surface area (Å²) >= 11 is 0. The summed E-state index contributed by atoms with van der Waals surface area (Å²) in [6, 6.07) is 3.98. The van der Waals surface area contributed by atoms with Gasteiger partial charge in [0.25, 0.3) is 0 Å². The van der Waals surface area contributed by atoms with Gasteiger partial charge >= 0.3 is 0 Å². The molecule has 0 spiro atoms. The predicted molar refractivity (Wildman–Crippen MR) is 85.9 cm³/mol. The molecule has 0 unspecified atom stereocenters. The smallest absolute Gasteiger partial charge is 0.213 e. The highest BCUT2D eigenvalue weighted by molar-refractivity contribution is 5.18. The Morgan fingerprint density at radius 1 is 1.45 bits per heavy atom. The number of nitrogens with zero attached hydrogens (tertiary/aromatic N) is 2. The summed E-state index contributed by atoms with van der Waals surface area (Å²) in [5.41, 5.74) is 0.585. The zero-order chi connectivity index (χ0) is 16.0. The number of pyridine rings is 1. The number of rotatable bonds is 7. The molecule has 1 N–H and O–H groups in total. The maximum absolute atomic E-state index is 10.7. The average Bonchev–Trinajstić information content (AvgIpc) is 2.52. The molecule has 2 rings (SSSR count). The van der Waals surface area contributed by atoms with Crippen LogP contribution >= 0.6 is 0 Å². The van der Waals surface area contributed by atoms with Gasteiger partial charge in [0.15, 0.2) is 0 Å². The number of aromatic nitrogens is 1. The number of ether oxygens (including phenoxy) is 2. The fourth-order valence-electron chi connectivity index (χ4n) is 3.04. The summed E-state index contributed by atoms with van der Waals surface area (Å²) in [5.74, 6) is 0.916. The van der Waals surface area contributed by atoms with Crippen LogP contribution in [0.25, 0.3) is 0 Å². The van der Waals surface area contributed by atoms with Crippen LogP contribution in [0.5, 0.6) is 5.88 Å². The molecule has 124 valence electrons. The molecule has 1 fully saturated rings. The normalized spacial score (nSPS) is 26.1. The highest BCUT2D eigenvalue weighted by atomic mass is 16.5. The quantitative estimate of drug-likeness (QED) is 0.836. The monoisotopic (exact) mass is 308 g/mol. The maximum atomic E-state index is 10.7. The second-order valence-corrected chi connectivity index (χ2v) is 6.17. The molecule has 0 aliphatic carbocycles. The van der Waals surface area contributed by atoms with Gasteiger partial charge < -0.3 is 14.6 Å². The number of piperidine rings is 1. The van der Waals surface area contributed by atoms with Crippen LogP contribution in [0, 0.1) is 5.92 Å². The van der Waals surface area contributed by atoms with Crippen LogP contribution in [0.2, 0.25) is 0 Å². The minimum Gasteiger partial charge on any atom is -0.478 e. The van der Waals surface area contributed by atoms with Crippen LogP contribution in [0.3, 0.4) is 0 Å². The third kappa shape index (κ3) is 4.41. The molecule has 0 radical (unpaired) electrons. The zero-order valence-electron chi connectivity index (χ0n) is 13.9. The Bertz CT molecular complexity index is 452. The van der Waals surface area contributed by atoms with Crippen molar-refractivity contribution in [3.8, 4) is 5.88 Å². The lowest BCUT2D eigenvalue weighted by Crippen LogP contribution is -2.51. The van der Waals surface area contributed by atoms with Crippen LogP contribution in [-0.2, 0) is 11.3 Å². The Hall–Kier alpha value is -1.17. The van der Waals surface area contributed by atoms with Crippen molar-refractivity contribution < 1.29 is 14.6 Å². The molecule has 1 aliphatic rings. The van der Waals surface area contributed by atoms with E-state index in [1.807, 2.05) is 19.2 Å². The molecular formula is C17H28N2O3. The van der Waals surface area contributed by atoms with Crippen molar-refractivity contribution in [1.82, 2.24) is 9.88 Å². The van der Waals surface area contributed by atoms with Gasteiger partial charge in [-0.1, -0.05) is 13.0 Å². The lowest BCUT2D eigenvalue weighted by Gasteiger charge is -2.43. The van der Waals surface area contributed by atoms with E-state index in [0.717, 1.165) is 26.1 Å². The van der Waals surface area contributed by atoms with E-state index >= 15 is 0 Å². The van der Waals surface area contributed by atoms with Crippen molar-refractivity contribution in [3.63, 3.8) is 0 Å². The Labute approximate surface area is 133 Å². The Balaban J connectivity index is 1.87. The van der Waals surface area contributed by atoms with Gasteiger partial charge in [-0.2, -0.15) is 0 Å². The van der Waals surface area contributed by atoms with Crippen molar-refractivity contribution in [2.45, 2.75) is 38.8 Å². The standard InChI is InChI=1S/C17H28N2O3/c1-4-22-16-6-5-15(11-18-16)13-19-9-7-17(20,8-10-21-3)14(2)12-19/h5-6,11,14,20H,4,7-10,12-13H2,1-3H3/t14-,17-/m1/s1. The second kappa shape index (κ2) is 7.90. The first-order chi connectivity index (χ1) is 10.6. The molecule has 0 amide bonds. The second-order valence-electron chi connectivity index (χ2n) is 6.17.